The third kappa shape index (κ3) is 5.15. The summed E-state index contributed by atoms with van der Waals surface area (Å²) in [6.45, 7) is -0.345. The lowest BCUT2D eigenvalue weighted by molar-refractivity contribution is -0.0327. The van der Waals surface area contributed by atoms with E-state index in [4.69, 9.17) is 5.11 Å². The number of hydrogen-bond acceptors (Lipinski definition) is 4. The van der Waals surface area contributed by atoms with Crippen LogP contribution in [0.4, 0.5) is 13.2 Å². The summed E-state index contributed by atoms with van der Waals surface area (Å²) in [4.78, 5) is -0.195. The molecular formula is C9H10F3NO3S2. The van der Waals surface area contributed by atoms with Crippen LogP contribution >= 0.6 is 11.8 Å². The van der Waals surface area contributed by atoms with Crippen LogP contribution < -0.4 is 4.72 Å². The minimum absolute atomic E-state index is 0.195. The Hall–Kier alpha value is -0.930. The van der Waals surface area contributed by atoms with E-state index in [1.165, 1.54) is 18.2 Å². The van der Waals surface area contributed by atoms with E-state index in [0.29, 0.717) is 0 Å². The Morgan fingerprint density at radius 2 is 2.00 bits per heavy atom. The van der Waals surface area contributed by atoms with E-state index in [0.717, 1.165) is 6.07 Å². The molecule has 0 amide bonds. The van der Waals surface area contributed by atoms with Gasteiger partial charge < -0.3 is 5.11 Å². The Kier molecular flexibility index (Phi) is 4.88. The maximum Gasteiger partial charge on any atom is 0.441 e. The van der Waals surface area contributed by atoms with Crippen molar-refractivity contribution >= 4 is 21.8 Å². The van der Waals surface area contributed by atoms with Crippen LogP contribution in [0, 0.1) is 0 Å². The molecule has 9 heteroatoms. The lowest BCUT2D eigenvalue weighted by Crippen LogP contribution is -2.26. The predicted octanol–water partition coefficient (Wildman–Crippen LogP) is 1.92. The Balaban J connectivity index is 2.56. The quantitative estimate of drug-likeness (QED) is 0.816. The van der Waals surface area contributed by atoms with E-state index >= 15 is 0 Å². The van der Waals surface area contributed by atoms with Gasteiger partial charge in [0.1, 0.15) is 5.75 Å². The highest BCUT2D eigenvalue weighted by atomic mass is 32.2. The Morgan fingerprint density at radius 1 is 1.33 bits per heavy atom. The normalized spacial score (nSPS) is 12.6. The van der Waals surface area contributed by atoms with E-state index < -0.39 is 21.3 Å². The largest absolute Gasteiger partial charge is 0.508 e. The van der Waals surface area contributed by atoms with Gasteiger partial charge >= 0.3 is 5.51 Å². The zero-order valence-electron chi connectivity index (χ0n) is 8.94. The molecule has 0 aromatic heterocycles. The zero-order chi connectivity index (χ0) is 13.8. The van der Waals surface area contributed by atoms with Crippen LogP contribution in [0.1, 0.15) is 0 Å². The number of sulfonamides is 1. The third-order valence-corrected chi connectivity index (χ3v) is 3.98. The molecule has 0 unspecified atom stereocenters. The highest BCUT2D eigenvalue weighted by Gasteiger charge is 2.27. The fourth-order valence-corrected chi connectivity index (χ4v) is 2.71. The topological polar surface area (TPSA) is 66.4 Å². The number of thioether (sulfide) groups is 1. The monoisotopic (exact) mass is 301 g/mol. The summed E-state index contributed by atoms with van der Waals surface area (Å²) in [6, 6.07) is 4.87. The third-order valence-electron chi connectivity index (χ3n) is 1.79. The van der Waals surface area contributed by atoms with Gasteiger partial charge in [-0.15, -0.1) is 0 Å². The first kappa shape index (κ1) is 15.1. The van der Waals surface area contributed by atoms with E-state index in [-0.39, 0.29) is 29.0 Å². The molecule has 0 saturated carbocycles. The number of phenols is 1. The van der Waals surface area contributed by atoms with E-state index in [1.54, 1.807) is 0 Å². The first-order valence-corrected chi connectivity index (χ1v) is 7.17. The lowest BCUT2D eigenvalue weighted by Gasteiger charge is -2.08. The molecule has 1 rings (SSSR count). The van der Waals surface area contributed by atoms with Crippen LogP contribution in [-0.4, -0.2) is 31.3 Å². The van der Waals surface area contributed by atoms with Crippen LogP contribution in [0.25, 0.3) is 0 Å². The maximum absolute atomic E-state index is 11.8. The summed E-state index contributed by atoms with van der Waals surface area (Å²) in [6.07, 6.45) is 0. The molecule has 0 aliphatic heterocycles. The second-order valence-corrected chi connectivity index (χ2v) is 6.12. The average molecular weight is 301 g/mol. The SMILES string of the molecule is O=S(=O)(NCCSC(F)(F)F)c1cccc(O)c1. The first-order valence-electron chi connectivity index (χ1n) is 4.70. The molecule has 0 bridgehead atoms. The van der Waals surface area contributed by atoms with Crippen molar-refractivity contribution in [3.63, 3.8) is 0 Å². The second kappa shape index (κ2) is 5.81. The van der Waals surface area contributed by atoms with Gasteiger partial charge in [0.05, 0.1) is 4.90 Å². The highest BCUT2D eigenvalue weighted by molar-refractivity contribution is 8.00. The van der Waals surface area contributed by atoms with E-state index in [1.807, 2.05) is 4.72 Å². The Bertz CT molecular complexity index is 502. The number of halogens is 3. The number of benzene rings is 1. The summed E-state index contributed by atoms with van der Waals surface area (Å²) >= 11 is -0.304. The minimum atomic E-state index is -4.38. The van der Waals surface area contributed by atoms with Gasteiger partial charge in [0.2, 0.25) is 10.0 Å². The van der Waals surface area contributed by atoms with E-state index in [2.05, 4.69) is 0 Å². The highest BCUT2D eigenvalue weighted by Crippen LogP contribution is 2.29. The summed E-state index contributed by atoms with van der Waals surface area (Å²) in [7, 11) is -3.89. The van der Waals surface area contributed by atoms with Gasteiger partial charge in [-0.2, -0.15) is 13.2 Å². The molecule has 0 aliphatic rings. The van der Waals surface area contributed by atoms with Gasteiger partial charge in [-0.1, -0.05) is 6.07 Å². The van der Waals surface area contributed by atoms with Crippen molar-refractivity contribution in [1.29, 1.82) is 0 Å². The van der Waals surface area contributed by atoms with Gasteiger partial charge in [-0.05, 0) is 30.0 Å². The average Bonchev–Trinajstić information content (AvgIpc) is 2.23. The molecule has 102 valence electrons. The number of hydrogen-bond donors (Lipinski definition) is 2. The van der Waals surface area contributed by atoms with Crippen molar-refractivity contribution in [2.45, 2.75) is 10.4 Å². The number of aromatic hydroxyl groups is 1. The molecule has 0 fully saturated rings. The van der Waals surface area contributed by atoms with Crippen LogP contribution in [0.5, 0.6) is 5.75 Å². The molecule has 0 atom stereocenters. The summed E-state index contributed by atoms with van der Waals surface area (Å²) < 4.78 is 60.6. The van der Waals surface area contributed by atoms with Gasteiger partial charge in [0, 0.05) is 12.3 Å². The smallest absolute Gasteiger partial charge is 0.441 e. The fourth-order valence-electron chi connectivity index (χ4n) is 1.08. The molecule has 0 spiro atoms. The molecule has 1 aromatic carbocycles. The maximum atomic E-state index is 11.8. The van der Waals surface area contributed by atoms with Crippen molar-refractivity contribution in [2.24, 2.45) is 0 Å². The summed E-state index contributed by atoms with van der Waals surface area (Å²) in [5.41, 5.74) is -4.38. The van der Waals surface area contributed by atoms with Crippen LogP contribution in [0.3, 0.4) is 0 Å². The molecule has 0 aliphatic carbocycles. The standard InChI is InChI=1S/C9H10F3NO3S2/c10-9(11,12)17-5-4-13-18(15,16)8-3-1-2-7(14)6-8/h1-3,6,13-14H,4-5H2. The predicted molar refractivity (Wildman–Crippen MR) is 61.8 cm³/mol. The molecule has 0 saturated heterocycles. The first-order chi connectivity index (χ1) is 8.21. The van der Waals surface area contributed by atoms with Crippen molar-refractivity contribution in [3.05, 3.63) is 24.3 Å². The second-order valence-electron chi connectivity index (χ2n) is 3.19. The molecule has 2 N–H and O–H groups in total. The van der Waals surface area contributed by atoms with Gasteiger partial charge in [0.15, 0.2) is 0 Å². The lowest BCUT2D eigenvalue weighted by atomic mass is 10.3. The molecular weight excluding hydrogens is 291 g/mol. The summed E-state index contributed by atoms with van der Waals surface area (Å²) in [5.74, 6) is -0.649. The van der Waals surface area contributed by atoms with Crippen LogP contribution in [0.2, 0.25) is 0 Å². The molecule has 4 nitrogen and oxygen atoms in total. The molecule has 1 aromatic rings. The Morgan fingerprint density at radius 3 is 2.56 bits per heavy atom. The van der Waals surface area contributed by atoms with Crippen LogP contribution in [0.15, 0.2) is 29.2 Å². The number of phenolic OH excluding ortho intramolecular Hbond substituents is 1. The molecule has 0 radical (unpaired) electrons. The van der Waals surface area contributed by atoms with Gasteiger partial charge in [-0.25, -0.2) is 13.1 Å². The van der Waals surface area contributed by atoms with Crippen molar-refractivity contribution in [3.8, 4) is 5.75 Å². The number of nitrogens with one attached hydrogen (secondary N) is 1. The summed E-state index contributed by atoms with van der Waals surface area (Å²) in [5, 5.41) is 9.11. The zero-order valence-corrected chi connectivity index (χ0v) is 10.6. The number of alkyl halides is 3. The van der Waals surface area contributed by atoms with Crippen molar-refractivity contribution in [2.75, 3.05) is 12.3 Å². The molecule has 0 heterocycles. The van der Waals surface area contributed by atoms with Gasteiger partial charge in [0.25, 0.3) is 0 Å². The fraction of sp³-hybridized carbons (Fsp3) is 0.333. The van der Waals surface area contributed by atoms with Crippen LogP contribution in [-0.2, 0) is 10.0 Å². The van der Waals surface area contributed by atoms with Crippen molar-refractivity contribution < 1.29 is 26.7 Å². The van der Waals surface area contributed by atoms with E-state index in [9.17, 15) is 21.6 Å². The number of rotatable bonds is 5. The van der Waals surface area contributed by atoms with Gasteiger partial charge in [-0.3, -0.25) is 0 Å². The van der Waals surface area contributed by atoms with Crippen molar-refractivity contribution in [1.82, 2.24) is 4.72 Å². The minimum Gasteiger partial charge on any atom is -0.508 e. The Labute approximate surface area is 106 Å². The molecule has 18 heavy (non-hydrogen) atoms.